The van der Waals surface area contributed by atoms with Crippen LogP contribution >= 0.6 is 0 Å². The molecule has 0 radical (unpaired) electrons. The van der Waals surface area contributed by atoms with E-state index >= 15 is 0 Å². The fourth-order valence-corrected chi connectivity index (χ4v) is 5.44. The molecule has 0 unspecified atom stereocenters. The van der Waals surface area contributed by atoms with Gasteiger partial charge in [-0.2, -0.15) is 0 Å². The smallest absolute Gasteiger partial charge is 0.0616 e. The van der Waals surface area contributed by atoms with Gasteiger partial charge < -0.3 is 0 Å². The molecule has 9 rings (SSSR count). The first-order chi connectivity index (χ1) is 33.1. The van der Waals surface area contributed by atoms with E-state index in [-0.39, 0.29) is 5.39 Å². The minimum Gasteiger partial charge on any atom is -0.0616 e. The van der Waals surface area contributed by atoms with Crippen molar-refractivity contribution < 1.29 is 37.0 Å². The van der Waals surface area contributed by atoms with E-state index in [1.54, 1.807) is 0 Å². The average molecular weight is 584 g/mol. The van der Waals surface area contributed by atoms with E-state index in [1.165, 1.54) is 0 Å². The predicted molar refractivity (Wildman–Crippen MR) is 190 cm³/mol. The number of hydrogen-bond donors (Lipinski definition) is 0. The lowest BCUT2D eigenvalue weighted by atomic mass is 9.84. The summed E-state index contributed by atoms with van der Waals surface area (Å²) in [5, 5.41) is -6.09. The van der Waals surface area contributed by atoms with Crippen molar-refractivity contribution in [2.24, 2.45) is 0 Å². The standard InChI is InChI=1S/C44H28/c1-3-18-33-29(13-1)15-12-26-37(33)44-40-24-9-7-22-38(40)43(39-23-8-10-25-41(39)44)32-17-11-16-30(27-32)42-28-31-14-2-4-19-34(31)35-20-5-6-21-36(35)42/h1-28H/i1D,2D,3D,4D,5D,6D,7D,8D,9D,10D,11D,12D,13D,14D,15D,16D,17D,19D,20D,21D,22D,23D,24D,25D,26D,27D,28D. The lowest BCUT2D eigenvalue weighted by Gasteiger charge is -2.19. The van der Waals surface area contributed by atoms with Crippen molar-refractivity contribution in [3.8, 4) is 33.4 Å². The first-order valence-electron chi connectivity index (χ1n) is 26.6. The lowest BCUT2D eigenvalue weighted by molar-refractivity contribution is 1.64. The summed E-state index contributed by atoms with van der Waals surface area (Å²) in [5.74, 6) is 0. The summed E-state index contributed by atoms with van der Waals surface area (Å²) in [6.07, 6.45) is 0. The van der Waals surface area contributed by atoms with Gasteiger partial charge in [-0.1, -0.05) is 157 Å². The number of benzene rings is 9. The van der Waals surface area contributed by atoms with E-state index in [0.29, 0.717) is 0 Å². The summed E-state index contributed by atoms with van der Waals surface area (Å²) >= 11 is 0. The molecule has 204 valence electrons. The molecular formula is C44H28. The Morgan fingerprint density at radius 2 is 0.818 bits per heavy atom. The predicted octanol–water partition coefficient (Wildman–Crippen LogP) is 12.5. The molecule has 44 heavy (non-hydrogen) atoms. The molecule has 0 bridgehead atoms. The van der Waals surface area contributed by atoms with Gasteiger partial charge in [-0.3, -0.25) is 0 Å². The van der Waals surface area contributed by atoms with Gasteiger partial charge in [0, 0.05) is 0 Å². The number of fused-ring (bicyclic) bond motifs is 6. The van der Waals surface area contributed by atoms with Crippen LogP contribution in [0.2, 0.25) is 0 Å². The second kappa shape index (κ2) is 9.93. The highest BCUT2D eigenvalue weighted by Gasteiger charge is 2.18. The van der Waals surface area contributed by atoms with E-state index in [1.807, 2.05) is 0 Å². The van der Waals surface area contributed by atoms with Gasteiger partial charge >= 0.3 is 0 Å². The Balaban J connectivity index is 1.64. The van der Waals surface area contributed by atoms with Crippen LogP contribution in [0.15, 0.2) is 169 Å². The summed E-state index contributed by atoms with van der Waals surface area (Å²) in [6, 6.07) is -23.7. The lowest BCUT2D eigenvalue weighted by Crippen LogP contribution is -1.92. The van der Waals surface area contributed by atoms with E-state index in [0.717, 1.165) is 6.07 Å². The molecule has 0 atom stereocenters. The van der Waals surface area contributed by atoms with Crippen molar-refractivity contribution in [3.05, 3.63) is 169 Å². The zero-order valence-corrected chi connectivity index (χ0v) is 22.1. The van der Waals surface area contributed by atoms with Crippen LogP contribution in [-0.4, -0.2) is 0 Å². The van der Waals surface area contributed by atoms with Crippen molar-refractivity contribution in [1.29, 1.82) is 0 Å². The summed E-state index contributed by atoms with van der Waals surface area (Å²) < 4.78 is 243. The third kappa shape index (κ3) is 3.78. The molecule has 9 aromatic rings. The molecule has 0 aromatic heterocycles. The zero-order valence-electron chi connectivity index (χ0n) is 49.1. The molecule has 0 N–H and O–H groups in total. The maximum absolute atomic E-state index is 9.97. The van der Waals surface area contributed by atoms with Crippen LogP contribution in [0, 0.1) is 0 Å². The van der Waals surface area contributed by atoms with Gasteiger partial charge in [0.15, 0.2) is 0 Å². The molecule has 0 fully saturated rings. The topological polar surface area (TPSA) is 0 Å². The Morgan fingerprint density at radius 3 is 1.57 bits per heavy atom. The van der Waals surface area contributed by atoms with Crippen molar-refractivity contribution in [2.75, 3.05) is 0 Å². The molecule has 0 aliphatic rings. The van der Waals surface area contributed by atoms with Gasteiger partial charge in [-0.25, -0.2) is 0 Å². The van der Waals surface area contributed by atoms with Crippen molar-refractivity contribution >= 4 is 53.9 Å². The largest absolute Gasteiger partial charge is 0.0636 e. The third-order valence-corrected chi connectivity index (χ3v) is 7.26. The van der Waals surface area contributed by atoms with Crippen LogP contribution in [0.4, 0.5) is 0 Å². The quantitative estimate of drug-likeness (QED) is 0.143. The molecular weight excluding hydrogens is 528 g/mol. The molecule has 0 saturated heterocycles. The zero-order chi connectivity index (χ0) is 52.5. The van der Waals surface area contributed by atoms with Crippen molar-refractivity contribution in [2.45, 2.75) is 0 Å². The SMILES string of the molecule is [2H]c1cc2c(-c3c4c([2H])c([2H])c([2H])c([2H])c4c(-c4c([2H])c([2H])c([2H])c(-c5c([2H])c6c([2H])c([2H])c([2H])c([2H])c6c6c([2H])c([2H])c([2H])c([2H])c56)c4[2H])c4c([2H])c([2H])c([2H])c([2H])c34)c([2H])c([2H])c([2H])c2c([2H])c1[2H]. The Labute approximate surface area is 294 Å². The Kier molecular flexibility index (Phi) is 2.24. The van der Waals surface area contributed by atoms with Crippen LogP contribution in [0.5, 0.6) is 0 Å². The molecule has 0 saturated carbocycles. The minimum atomic E-state index is -1.09. The van der Waals surface area contributed by atoms with Crippen LogP contribution in [0.3, 0.4) is 0 Å². The van der Waals surface area contributed by atoms with E-state index in [2.05, 4.69) is 0 Å². The summed E-state index contributed by atoms with van der Waals surface area (Å²) in [6.45, 7) is 0. The maximum Gasteiger partial charge on any atom is 0.0636 e. The van der Waals surface area contributed by atoms with Gasteiger partial charge in [0.2, 0.25) is 0 Å². The fraction of sp³-hybridized carbons (Fsp3) is 0. The number of rotatable bonds is 3. The Morgan fingerprint density at radius 1 is 0.295 bits per heavy atom. The van der Waals surface area contributed by atoms with Crippen LogP contribution in [-0.2, 0) is 0 Å². The molecule has 0 heteroatoms. The molecule has 0 spiro atoms. The molecule has 9 aromatic carbocycles. The van der Waals surface area contributed by atoms with Crippen LogP contribution in [0.1, 0.15) is 37.0 Å². The Bertz CT molecular complexity index is 3980. The van der Waals surface area contributed by atoms with Gasteiger partial charge in [0.1, 0.15) is 0 Å². The van der Waals surface area contributed by atoms with Crippen LogP contribution in [0.25, 0.3) is 87.2 Å². The van der Waals surface area contributed by atoms with E-state index < -0.39 is 245 Å². The molecule has 0 aliphatic carbocycles. The molecule has 0 nitrogen and oxygen atoms in total. The third-order valence-electron chi connectivity index (χ3n) is 7.26. The van der Waals surface area contributed by atoms with E-state index in [4.69, 9.17) is 23.3 Å². The molecule has 0 aliphatic heterocycles. The fourth-order valence-electron chi connectivity index (χ4n) is 5.44. The summed E-state index contributed by atoms with van der Waals surface area (Å²) in [5.41, 5.74) is -4.47. The summed E-state index contributed by atoms with van der Waals surface area (Å²) in [7, 11) is 0. The number of hydrogen-bond acceptors (Lipinski definition) is 0. The van der Waals surface area contributed by atoms with E-state index in [9.17, 15) is 13.7 Å². The van der Waals surface area contributed by atoms with Gasteiger partial charge in [0.25, 0.3) is 0 Å². The van der Waals surface area contributed by atoms with Crippen molar-refractivity contribution in [1.82, 2.24) is 0 Å². The highest BCUT2D eigenvalue weighted by molar-refractivity contribution is 6.23. The summed E-state index contributed by atoms with van der Waals surface area (Å²) in [4.78, 5) is 0. The van der Waals surface area contributed by atoms with Crippen LogP contribution < -0.4 is 0 Å². The molecule has 0 amide bonds. The normalized spacial score (nSPS) is 20.2. The average Bonchev–Trinajstić information content (AvgIpc) is 3.33. The monoisotopic (exact) mass is 583 g/mol. The first-order valence-corrected chi connectivity index (χ1v) is 13.1. The molecule has 0 heterocycles. The highest BCUT2D eigenvalue weighted by atomic mass is 14.2. The second-order valence-corrected chi connectivity index (χ2v) is 9.58. The second-order valence-electron chi connectivity index (χ2n) is 9.58. The maximum atomic E-state index is 9.97. The van der Waals surface area contributed by atoms with Gasteiger partial charge in [-0.05, 0) is 99.3 Å². The highest BCUT2D eigenvalue weighted by Crippen LogP contribution is 2.46. The van der Waals surface area contributed by atoms with Gasteiger partial charge in [0.05, 0.1) is 37.0 Å². The minimum absolute atomic E-state index is 0.373. The van der Waals surface area contributed by atoms with Crippen molar-refractivity contribution in [3.63, 3.8) is 0 Å². The first kappa shape index (κ1) is 9.91. The van der Waals surface area contributed by atoms with Gasteiger partial charge in [-0.15, -0.1) is 0 Å². The Hall–Kier alpha value is -5.72.